The molecule has 0 fully saturated rings. The summed E-state index contributed by atoms with van der Waals surface area (Å²) in [4.78, 5) is 32.1. The SMILES string of the molecule is CC(=O)c1cccc(NC(=O)/C=C/c2cnc3ccccc3n2)c1. The average Bonchev–Trinajstić information content (AvgIpc) is 2.60. The molecule has 2 aromatic carbocycles. The Hall–Kier alpha value is -3.34. The molecule has 1 N–H and O–H groups in total. The number of carbonyl (C=O) groups excluding carboxylic acids is 2. The summed E-state index contributed by atoms with van der Waals surface area (Å²) in [7, 11) is 0. The normalized spacial score (nSPS) is 10.9. The Labute approximate surface area is 139 Å². The van der Waals surface area contributed by atoms with E-state index in [1.807, 2.05) is 24.3 Å². The summed E-state index contributed by atoms with van der Waals surface area (Å²) in [5.41, 5.74) is 3.30. The van der Waals surface area contributed by atoms with Gasteiger partial charge in [0.15, 0.2) is 5.78 Å². The van der Waals surface area contributed by atoms with E-state index in [2.05, 4.69) is 15.3 Å². The minimum Gasteiger partial charge on any atom is -0.322 e. The highest BCUT2D eigenvalue weighted by atomic mass is 16.1. The molecule has 1 aromatic heterocycles. The molecule has 118 valence electrons. The molecule has 0 unspecified atom stereocenters. The number of amides is 1. The zero-order valence-corrected chi connectivity index (χ0v) is 13.1. The molecule has 3 rings (SSSR count). The molecule has 0 aliphatic rings. The first-order valence-electron chi connectivity index (χ1n) is 7.44. The third kappa shape index (κ3) is 3.70. The monoisotopic (exact) mass is 317 g/mol. The van der Waals surface area contributed by atoms with Gasteiger partial charge in [0.25, 0.3) is 0 Å². The molecular weight excluding hydrogens is 302 g/mol. The standard InChI is InChI=1S/C19H15N3O2/c1-13(23)14-5-4-6-15(11-14)22-19(24)10-9-16-12-20-17-7-2-3-8-18(17)21-16/h2-12H,1H3,(H,22,24)/b10-9+. The Morgan fingerprint density at radius 1 is 1.04 bits per heavy atom. The fraction of sp³-hybridized carbons (Fsp3) is 0.0526. The first-order chi connectivity index (χ1) is 11.6. The number of nitrogens with zero attached hydrogens (tertiary/aromatic N) is 2. The molecule has 1 amide bonds. The minimum absolute atomic E-state index is 0.0481. The topological polar surface area (TPSA) is 72.0 Å². The van der Waals surface area contributed by atoms with Crippen LogP contribution in [0.2, 0.25) is 0 Å². The quantitative estimate of drug-likeness (QED) is 0.590. The zero-order valence-electron chi connectivity index (χ0n) is 13.1. The van der Waals surface area contributed by atoms with Crippen LogP contribution in [0, 0.1) is 0 Å². The molecule has 5 heteroatoms. The van der Waals surface area contributed by atoms with Crippen LogP contribution in [0.1, 0.15) is 23.0 Å². The van der Waals surface area contributed by atoms with Crippen LogP contribution in [0.25, 0.3) is 17.1 Å². The lowest BCUT2D eigenvalue weighted by molar-refractivity contribution is -0.111. The molecule has 24 heavy (non-hydrogen) atoms. The van der Waals surface area contributed by atoms with E-state index in [-0.39, 0.29) is 11.7 Å². The van der Waals surface area contributed by atoms with Crippen molar-refractivity contribution in [2.24, 2.45) is 0 Å². The Morgan fingerprint density at radius 2 is 1.83 bits per heavy atom. The zero-order chi connectivity index (χ0) is 16.9. The fourth-order valence-electron chi connectivity index (χ4n) is 2.21. The molecule has 0 saturated carbocycles. The van der Waals surface area contributed by atoms with Gasteiger partial charge in [-0.2, -0.15) is 0 Å². The van der Waals surface area contributed by atoms with Gasteiger partial charge in [0, 0.05) is 17.3 Å². The van der Waals surface area contributed by atoms with Crippen molar-refractivity contribution in [2.45, 2.75) is 6.92 Å². The molecule has 0 saturated heterocycles. The van der Waals surface area contributed by atoms with Crippen molar-refractivity contribution in [1.82, 2.24) is 9.97 Å². The number of aromatic nitrogens is 2. The van der Waals surface area contributed by atoms with Gasteiger partial charge in [-0.15, -0.1) is 0 Å². The number of ketones is 1. The molecule has 0 spiro atoms. The first kappa shape index (κ1) is 15.6. The highest BCUT2D eigenvalue weighted by Crippen LogP contribution is 2.12. The van der Waals surface area contributed by atoms with E-state index >= 15 is 0 Å². The number of Topliss-reactive ketones (excluding diaryl/α,β-unsaturated/α-hetero) is 1. The summed E-state index contributed by atoms with van der Waals surface area (Å²) < 4.78 is 0. The van der Waals surface area contributed by atoms with E-state index < -0.39 is 0 Å². The Bertz CT molecular complexity index is 948. The van der Waals surface area contributed by atoms with E-state index in [1.54, 1.807) is 36.5 Å². The minimum atomic E-state index is -0.300. The molecule has 3 aromatic rings. The van der Waals surface area contributed by atoms with E-state index in [0.29, 0.717) is 16.9 Å². The molecule has 5 nitrogen and oxygen atoms in total. The summed E-state index contributed by atoms with van der Waals surface area (Å²) in [6.45, 7) is 1.49. The molecule has 0 radical (unpaired) electrons. The van der Waals surface area contributed by atoms with Gasteiger partial charge in [-0.25, -0.2) is 4.98 Å². The largest absolute Gasteiger partial charge is 0.322 e. The molecule has 0 bridgehead atoms. The number of para-hydroxylation sites is 2. The highest BCUT2D eigenvalue weighted by molar-refractivity contribution is 6.03. The van der Waals surface area contributed by atoms with Gasteiger partial charge >= 0.3 is 0 Å². The van der Waals surface area contributed by atoms with Gasteiger partial charge in [0.1, 0.15) is 0 Å². The number of benzene rings is 2. The van der Waals surface area contributed by atoms with Crippen LogP contribution in [0.3, 0.4) is 0 Å². The summed E-state index contributed by atoms with van der Waals surface area (Å²) >= 11 is 0. The van der Waals surface area contributed by atoms with E-state index in [0.717, 1.165) is 11.0 Å². The number of anilines is 1. The van der Waals surface area contributed by atoms with Crippen LogP contribution in [-0.4, -0.2) is 21.7 Å². The van der Waals surface area contributed by atoms with Crippen molar-refractivity contribution in [3.05, 3.63) is 72.1 Å². The number of carbonyl (C=O) groups is 2. The third-order valence-corrected chi connectivity index (χ3v) is 3.41. The van der Waals surface area contributed by atoms with Crippen molar-refractivity contribution in [3.8, 4) is 0 Å². The van der Waals surface area contributed by atoms with Crippen LogP contribution >= 0.6 is 0 Å². The van der Waals surface area contributed by atoms with Gasteiger partial charge in [-0.1, -0.05) is 24.3 Å². The summed E-state index contributed by atoms with van der Waals surface area (Å²) in [6.07, 6.45) is 4.60. The fourth-order valence-corrected chi connectivity index (χ4v) is 2.21. The van der Waals surface area contributed by atoms with Gasteiger partial charge in [-0.05, 0) is 37.3 Å². The van der Waals surface area contributed by atoms with Crippen molar-refractivity contribution >= 4 is 34.5 Å². The molecule has 1 heterocycles. The van der Waals surface area contributed by atoms with Crippen molar-refractivity contribution in [2.75, 3.05) is 5.32 Å². The van der Waals surface area contributed by atoms with Crippen LogP contribution in [0.15, 0.2) is 60.8 Å². The molecule has 0 aliphatic carbocycles. The predicted molar refractivity (Wildman–Crippen MR) is 93.6 cm³/mol. The molecular formula is C19H15N3O2. The lowest BCUT2D eigenvalue weighted by Crippen LogP contribution is -2.08. The smallest absolute Gasteiger partial charge is 0.248 e. The number of nitrogens with one attached hydrogen (secondary N) is 1. The van der Waals surface area contributed by atoms with E-state index in [4.69, 9.17) is 0 Å². The maximum absolute atomic E-state index is 12.0. The second-order valence-electron chi connectivity index (χ2n) is 5.24. The average molecular weight is 317 g/mol. The Balaban J connectivity index is 1.72. The second kappa shape index (κ2) is 6.83. The second-order valence-corrected chi connectivity index (χ2v) is 5.24. The van der Waals surface area contributed by atoms with Crippen LogP contribution in [0.5, 0.6) is 0 Å². The van der Waals surface area contributed by atoms with E-state index in [1.165, 1.54) is 13.0 Å². The van der Waals surface area contributed by atoms with Crippen LogP contribution < -0.4 is 5.32 Å². The molecule has 0 atom stereocenters. The van der Waals surface area contributed by atoms with Gasteiger partial charge in [-0.3, -0.25) is 14.6 Å². The summed E-state index contributed by atoms with van der Waals surface area (Å²) in [6, 6.07) is 14.3. The predicted octanol–water partition coefficient (Wildman–Crippen LogP) is 3.48. The number of hydrogen-bond acceptors (Lipinski definition) is 4. The Kier molecular flexibility index (Phi) is 4.43. The van der Waals surface area contributed by atoms with Crippen molar-refractivity contribution in [1.29, 1.82) is 0 Å². The number of hydrogen-bond donors (Lipinski definition) is 1. The number of rotatable bonds is 4. The van der Waals surface area contributed by atoms with Gasteiger partial charge in [0.2, 0.25) is 5.91 Å². The van der Waals surface area contributed by atoms with E-state index in [9.17, 15) is 9.59 Å². The maximum Gasteiger partial charge on any atom is 0.248 e. The number of fused-ring (bicyclic) bond motifs is 1. The lowest BCUT2D eigenvalue weighted by Gasteiger charge is -2.03. The van der Waals surface area contributed by atoms with Gasteiger partial charge < -0.3 is 5.32 Å². The summed E-state index contributed by atoms with van der Waals surface area (Å²) in [5, 5.41) is 2.72. The molecule has 0 aliphatic heterocycles. The maximum atomic E-state index is 12.0. The highest BCUT2D eigenvalue weighted by Gasteiger charge is 2.03. The van der Waals surface area contributed by atoms with Crippen molar-refractivity contribution < 1.29 is 9.59 Å². The first-order valence-corrected chi connectivity index (χ1v) is 7.44. The van der Waals surface area contributed by atoms with Crippen molar-refractivity contribution in [3.63, 3.8) is 0 Å². The Morgan fingerprint density at radius 3 is 2.62 bits per heavy atom. The third-order valence-electron chi connectivity index (χ3n) is 3.41. The van der Waals surface area contributed by atoms with Crippen LogP contribution in [0.4, 0.5) is 5.69 Å². The van der Waals surface area contributed by atoms with Crippen LogP contribution in [-0.2, 0) is 4.79 Å². The summed E-state index contributed by atoms with van der Waals surface area (Å²) in [5.74, 6) is -0.348. The lowest BCUT2D eigenvalue weighted by atomic mass is 10.1. The van der Waals surface area contributed by atoms with Gasteiger partial charge in [0.05, 0.1) is 22.9 Å².